The van der Waals surface area contributed by atoms with Crippen LogP contribution in [0.4, 0.5) is 5.69 Å². The fraction of sp³-hybridized carbons (Fsp3) is 0.323. The number of amides is 1. The molecule has 1 aliphatic rings. The molecule has 4 aromatic rings. The lowest BCUT2D eigenvalue weighted by Gasteiger charge is -2.32. The molecule has 1 saturated heterocycles. The summed E-state index contributed by atoms with van der Waals surface area (Å²) >= 11 is 0. The summed E-state index contributed by atoms with van der Waals surface area (Å²) in [5.74, 6) is 0.792. The van der Waals surface area contributed by atoms with E-state index in [1.807, 2.05) is 19.1 Å². The smallest absolute Gasteiger partial charge is 0.245 e. The molecule has 0 radical (unpaired) electrons. The Morgan fingerprint density at radius 3 is 2.46 bits per heavy atom. The Morgan fingerprint density at radius 1 is 1.00 bits per heavy atom. The average molecular weight is 546 g/mol. The number of aryl methyl sites for hydroxylation is 1. The number of hydrogen-bond donors (Lipinski definition) is 1. The van der Waals surface area contributed by atoms with E-state index in [1.165, 1.54) is 34.6 Å². The number of hydrogen-bond acceptors (Lipinski definition) is 4. The molecule has 1 fully saturated rings. The van der Waals surface area contributed by atoms with Gasteiger partial charge in [-0.1, -0.05) is 36.4 Å². The van der Waals surface area contributed by atoms with Crippen molar-refractivity contribution < 1.29 is 17.9 Å². The lowest BCUT2D eigenvalue weighted by Crippen LogP contribution is -2.38. The van der Waals surface area contributed by atoms with Crippen molar-refractivity contribution in [1.29, 1.82) is 0 Å². The molecule has 1 aliphatic heterocycles. The van der Waals surface area contributed by atoms with Crippen molar-refractivity contribution in [3.8, 4) is 5.75 Å². The monoisotopic (exact) mass is 545 g/mol. The Hall–Kier alpha value is -3.62. The summed E-state index contributed by atoms with van der Waals surface area (Å²) < 4.78 is 36.7. The number of rotatable bonds is 7. The highest BCUT2D eigenvalue weighted by atomic mass is 32.2. The zero-order valence-corrected chi connectivity index (χ0v) is 23.7. The highest BCUT2D eigenvalue weighted by Crippen LogP contribution is 2.39. The number of piperidine rings is 1. The van der Waals surface area contributed by atoms with Crippen LogP contribution in [0.1, 0.15) is 48.1 Å². The first kappa shape index (κ1) is 27.0. The molecule has 1 amide bonds. The van der Waals surface area contributed by atoms with E-state index < -0.39 is 10.0 Å². The average Bonchev–Trinajstić information content (AvgIpc) is 3.20. The summed E-state index contributed by atoms with van der Waals surface area (Å²) in [5, 5.41) is 3.91. The maximum atomic E-state index is 13.7. The van der Waals surface area contributed by atoms with E-state index in [9.17, 15) is 13.2 Å². The summed E-state index contributed by atoms with van der Waals surface area (Å²) in [4.78, 5) is 11.9. The molecule has 1 aromatic heterocycles. The molecule has 5 rings (SSSR count). The molecule has 1 N–H and O–H groups in total. The van der Waals surface area contributed by atoms with Crippen LogP contribution >= 0.6 is 0 Å². The lowest BCUT2D eigenvalue weighted by atomic mass is 9.88. The van der Waals surface area contributed by atoms with Gasteiger partial charge < -0.3 is 14.6 Å². The van der Waals surface area contributed by atoms with Crippen molar-refractivity contribution in [3.63, 3.8) is 0 Å². The number of carbonyl (C=O) groups excluding carboxylic acids is 1. The first-order chi connectivity index (χ1) is 18.7. The van der Waals surface area contributed by atoms with Gasteiger partial charge in [0.1, 0.15) is 10.6 Å². The molecule has 204 valence electrons. The van der Waals surface area contributed by atoms with Crippen molar-refractivity contribution in [2.24, 2.45) is 0 Å². The third-order valence-corrected chi connectivity index (χ3v) is 9.62. The molecule has 8 heteroatoms. The minimum Gasteiger partial charge on any atom is -0.497 e. The zero-order valence-electron chi connectivity index (χ0n) is 22.9. The molecule has 3 aromatic carbocycles. The van der Waals surface area contributed by atoms with Crippen LogP contribution < -0.4 is 10.1 Å². The Labute approximate surface area is 230 Å². The molecule has 0 spiro atoms. The van der Waals surface area contributed by atoms with E-state index in [0.29, 0.717) is 18.8 Å². The highest BCUT2D eigenvalue weighted by molar-refractivity contribution is 7.89. The van der Waals surface area contributed by atoms with Crippen LogP contribution in [0.3, 0.4) is 0 Å². The van der Waals surface area contributed by atoms with Gasteiger partial charge >= 0.3 is 0 Å². The van der Waals surface area contributed by atoms with Gasteiger partial charge in [0.25, 0.3) is 0 Å². The first-order valence-corrected chi connectivity index (χ1v) is 14.7. The maximum Gasteiger partial charge on any atom is 0.245 e. The molecule has 2 heterocycles. The minimum absolute atomic E-state index is 0.155. The molecular formula is C31H35N3O4S. The van der Waals surface area contributed by atoms with E-state index in [1.54, 1.807) is 29.6 Å². The molecular weight excluding hydrogens is 510 g/mol. The van der Waals surface area contributed by atoms with E-state index >= 15 is 0 Å². The number of methoxy groups -OCH3 is 1. The molecule has 39 heavy (non-hydrogen) atoms. The van der Waals surface area contributed by atoms with Crippen molar-refractivity contribution >= 4 is 32.5 Å². The van der Waals surface area contributed by atoms with Gasteiger partial charge in [-0.2, -0.15) is 4.31 Å². The van der Waals surface area contributed by atoms with E-state index in [4.69, 9.17) is 4.74 Å². The van der Waals surface area contributed by atoms with Gasteiger partial charge in [-0.25, -0.2) is 8.42 Å². The predicted octanol–water partition coefficient (Wildman–Crippen LogP) is 5.84. The molecule has 0 atom stereocenters. The van der Waals surface area contributed by atoms with Crippen LogP contribution in [0.15, 0.2) is 71.6 Å². The van der Waals surface area contributed by atoms with Crippen LogP contribution in [-0.4, -0.2) is 43.4 Å². The summed E-state index contributed by atoms with van der Waals surface area (Å²) in [6, 6.07) is 21.7. The number of sulfonamides is 1. The largest absolute Gasteiger partial charge is 0.497 e. The number of nitrogens with one attached hydrogen (secondary N) is 1. The second-order valence-electron chi connectivity index (χ2n) is 10.3. The molecule has 7 nitrogen and oxygen atoms in total. The third kappa shape index (κ3) is 5.31. The van der Waals surface area contributed by atoms with Crippen LogP contribution in [-0.2, 0) is 21.4 Å². The fourth-order valence-electron chi connectivity index (χ4n) is 5.79. The Balaban J connectivity index is 1.42. The van der Waals surface area contributed by atoms with Gasteiger partial charge in [0.05, 0.1) is 12.8 Å². The number of aromatic nitrogens is 1. The number of carbonyl (C=O) groups is 1. The fourth-order valence-corrected chi connectivity index (χ4v) is 7.49. The van der Waals surface area contributed by atoms with E-state index in [2.05, 4.69) is 53.2 Å². The Bertz CT molecular complexity index is 1630. The molecule has 0 aliphatic carbocycles. The number of anilines is 1. The molecule has 0 saturated carbocycles. The Morgan fingerprint density at radius 2 is 1.74 bits per heavy atom. The number of benzene rings is 3. The van der Waals surface area contributed by atoms with E-state index in [-0.39, 0.29) is 16.7 Å². The lowest BCUT2D eigenvalue weighted by molar-refractivity contribution is -0.114. The van der Waals surface area contributed by atoms with Gasteiger partial charge in [0, 0.05) is 43.2 Å². The van der Waals surface area contributed by atoms with Gasteiger partial charge in [-0.3, -0.25) is 4.79 Å². The highest BCUT2D eigenvalue weighted by Gasteiger charge is 2.33. The van der Waals surface area contributed by atoms with Gasteiger partial charge in [0.15, 0.2) is 0 Å². The standard InChI is InChI=1S/C31H35N3O4S/c1-21-12-13-28(32-23(3)35)30(18-21)39(36,37)33-16-14-25(15-17-33)31-22(2)34(29-11-6-5-10-27(29)31)20-24-8-7-9-26(19-24)38-4/h5-13,18-19,25H,14-17,20H2,1-4H3,(H,32,35). The second-order valence-corrected chi connectivity index (χ2v) is 12.2. The third-order valence-electron chi connectivity index (χ3n) is 7.68. The van der Waals surface area contributed by atoms with Crippen LogP contribution in [0.2, 0.25) is 0 Å². The van der Waals surface area contributed by atoms with Crippen LogP contribution in [0, 0.1) is 13.8 Å². The number of fused-ring (bicyclic) bond motifs is 1. The van der Waals surface area contributed by atoms with Crippen LogP contribution in [0.5, 0.6) is 5.75 Å². The molecule has 0 unspecified atom stereocenters. The quantitative estimate of drug-likeness (QED) is 0.316. The van der Waals surface area contributed by atoms with Crippen molar-refractivity contribution in [2.75, 3.05) is 25.5 Å². The predicted molar refractivity (Wildman–Crippen MR) is 155 cm³/mol. The number of para-hydroxylation sites is 1. The van der Waals surface area contributed by atoms with Crippen LogP contribution in [0.25, 0.3) is 10.9 Å². The van der Waals surface area contributed by atoms with Gasteiger partial charge in [0.2, 0.25) is 15.9 Å². The SMILES string of the molecule is COc1cccc(Cn2c(C)c(C3CCN(S(=O)(=O)c4cc(C)ccc4NC(C)=O)CC3)c3ccccc32)c1. The van der Waals surface area contributed by atoms with E-state index in [0.717, 1.165) is 30.7 Å². The normalized spacial score (nSPS) is 15.0. The summed E-state index contributed by atoms with van der Waals surface area (Å²) in [6.07, 6.45) is 1.46. The summed E-state index contributed by atoms with van der Waals surface area (Å²) in [5.41, 5.74) is 6.03. The number of nitrogens with zero attached hydrogens (tertiary/aromatic N) is 2. The second kappa shape index (κ2) is 10.9. The number of ether oxygens (including phenoxy) is 1. The zero-order chi connectivity index (χ0) is 27.7. The van der Waals surface area contributed by atoms with Crippen molar-refractivity contribution in [2.45, 2.75) is 51.0 Å². The van der Waals surface area contributed by atoms with Gasteiger partial charge in [-0.05, 0) is 79.6 Å². The minimum atomic E-state index is -3.76. The molecule has 0 bridgehead atoms. The topological polar surface area (TPSA) is 80.6 Å². The first-order valence-electron chi connectivity index (χ1n) is 13.3. The van der Waals surface area contributed by atoms with Crippen molar-refractivity contribution in [3.05, 3.63) is 89.1 Å². The summed E-state index contributed by atoms with van der Waals surface area (Å²) in [6.45, 7) is 6.99. The van der Waals surface area contributed by atoms with Crippen molar-refractivity contribution in [1.82, 2.24) is 8.87 Å². The summed E-state index contributed by atoms with van der Waals surface area (Å²) in [7, 11) is -2.08. The van der Waals surface area contributed by atoms with Gasteiger partial charge in [-0.15, -0.1) is 0 Å². The maximum absolute atomic E-state index is 13.7. The Kier molecular flexibility index (Phi) is 7.51.